The van der Waals surface area contributed by atoms with E-state index < -0.39 is 24.3 Å². The highest BCUT2D eigenvalue weighted by Gasteiger charge is 2.22. The fraction of sp³-hybridized carbons (Fsp3) is 0.851. The standard InChI is InChI=1S/C87H161NO8/c1-6-8-10-12-14-16-18-20-22-24-26-28-30-32-34-36-38-39-40-41-42-43-44-45-46-47-48-50-52-54-56-58-60-62-64-66-68-70-72-74-76-78-85(90)96-83(82-95-87(86(91)92)93-80-79-88(3,4)5)81-94-84(89)77-75-73-71-69-67-65-63-61-59-57-55-53-51-49-37-35-33-31-29-27-25-23-21-19-17-15-13-11-9-7-2/h8,10,14,16,20,22,26,28,32,34,83,87H,6-7,9,11-13,15,17-19,21,23-25,27,29-31,33,35-82H2,1-5H3/b10-8-,16-14-,22-20-,28-26-,34-32-. The van der Waals surface area contributed by atoms with Crippen LogP contribution in [0.4, 0.5) is 0 Å². The number of quaternary nitrogens is 1. The maximum Gasteiger partial charge on any atom is 0.306 e. The number of carboxylic acids is 1. The van der Waals surface area contributed by atoms with Crippen molar-refractivity contribution in [3.8, 4) is 0 Å². The molecule has 0 saturated carbocycles. The third-order valence-corrected chi connectivity index (χ3v) is 19.0. The third-order valence-electron chi connectivity index (χ3n) is 19.0. The van der Waals surface area contributed by atoms with Crippen LogP contribution in [0.3, 0.4) is 0 Å². The topological polar surface area (TPSA) is 111 Å². The Morgan fingerprint density at radius 2 is 0.594 bits per heavy atom. The van der Waals surface area contributed by atoms with Gasteiger partial charge in [-0.15, -0.1) is 0 Å². The van der Waals surface area contributed by atoms with Crippen LogP contribution < -0.4 is 5.11 Å². The molecule has 9 nitrogen and oxygen atoms in total. The van der Waals surface area contributed by atoms with Crippen molar-refractivity contribution in [3.63, 3.8) is 0 Å². The van der Waals surface area contributed by atoms with E-state index in [1.165, 1.54) is 321 Å². The predicted octanol–water partition coefficient (Wildman–Crippen LogP) is 25.7. The Morgan fingerprint density at radius 1 is 0.323 bits per heavy atom. The molecule has 0 amide bonds. The summed E-state index contributed by atoms with van der Waals surface area (Å²) in [5.74, 6) is -2.25. The zero-order valence-corrected chi connectivity index (χ0v) is 64.5. The van der Waals surface area contributed by atoms with Gasteiger partial charge in [0, 0.05) is 12.8 Å². The number of rotatable bonds is 79. The zero-order valence-electron chi connectivity index (χ0n) is 64.5. The second-order valence-electron chi connectivity index (χ2n) is 29.8. The van der Waals surface area contributed by atoms with E-state index in [0.717, 1.165) is 70.6 Å². The summed E-state index contributed by atoms with van der Waals surface area (Å²) < 4.78 is 22.9. The van der Waals surface area contributed by atoms with E-state index in [9.17, 15) is 19.5 Å². The molecule has 562 valence electrons. The number of carbonyl (C=O) groups excluding carboxylic acids is 3. The lowest BCUT2D eigenvalue weighted by atomic mass is 10.0. The maximum atomic E-state index is 13.0. The van der Waals surface area contributed by atoms with Gasteiger partial charge in [-0.25, -0.2) is 0 Å². The Hall–Kier alpha value is -3.01. The second kappa shape index (κ2) is 77.7. The summed E-state index contributed by atoms with van der Waals surface area (Å²) in [6.07, 6.45) is 101. The van der Waals surface area contributed by atoms with Gasteiger partial charge in [-0.3, -0.25) is 9.59 Å². The number of allylic oxidation sites excluding steroid dienone is 10. The van der Waals surface area contributed by atoms with Crippen LogP contribution >= 0.6 is 0 Å². The summed E-state index contributed by atoms with van der Waals surface area (Å²) in [5.41, 5.74) is 0. The molecule has 0 rings (SSSR count). The minimum Gasteiger partial charge on any atom is -0.545 e. The molecule has 0 aromatic carbocycles. The van der Waals surface area contributed by atoms with Crippen LogP contribution in [0.2, 0.25) is 0 Å². The molecule has 96 heavy (non-hydrogen) atoms. The van der Waals surface area contributed by atoms with E-state index in [1.54, 1.807) is 0 Å². The van der Waals surface area contributed by atoms with Crippen molar-refractivity contribution in [2.45, 2.75) is 431 Å². The molecular weight excluding hydrogens is 1190 g/mol. The van der Waals surface area contributed by atoms with Gasteiger partial charge in [0.2, 0.25) is 0 Å². The van der Waals surface area contributed by atoms with Crippen molar-refractivity contribution in [1.82, 2.24) is 0 Å². The van der Waals surface area contributed by atoms with Crippen molar-refractivity contribution in [1.29, 1.82) is 0 Å². The SMILES string of the molecule is CC/C=C\C/C=C\C/C=C\C/C=C\C/C=C\CCCCCCCCCCCCCCCCCCCCCCCCCCCC(=O)OC(COC(=O)CCCCCCCCCCCCCCCCCCCCCCCCCCCCCCCC)COC(OCC[N+](C)(C)C)C(=O)[O-]. The Bertz CT molecular complexity index is 1760. The zero-order chi connectivity index (χ0) is 69.7. The van der Waals surface area contributed by atoms with Crippen LogP contribution in [0.5, 0.6) is 0 Å². The minimum absolute atomic E-state index is 0.151. The van der Waals surface area contributed by atoms with Crippen molar-refractivity contribution in [2.24, 2.45) is 0 Å². The van der Waals surface area contributed by atoms with E-state index in [2.05, 4.69) is 74.6 Å². The van der Waals surface area contributed by atoms with E-state index in [0.29, 0.717) is 17.4 Å². The molecule has 0 aliphatic heterocycles. The van der Waals surface area contributed by atoms with Crippen molar-refractivity contribution in [3.05, 3.63) is 60.8 Å². The average molecular weight is 1350 g/mol. The number of aliphatic carboxylic acids is 1. The van der Waals surface area contributed by atoms with Gasteiger partial charge in [0.1, 0.15) is 13.2 Å². The summed E-state index contributed by atoms with van der Waals surface area (Å²) >= 11 is 0. The highest BCUT2D eigenvalue weighted by molar-refractivity contribution is 5.70. The van der Waals surface area contributed by atoms with Crippen LogP contribution in [0, 0.1) is 0 Å². The molecule has 9 heteroatoms. The van der Waals surface area contributed by atoms with Crippen LogP contribution in [-0.4, -0.2) is 82.3 Å². The lowest BCUT2D eigenvalue weighted by Gasteiger charge is -2.26. The molecule has 0 fully saturated rings. The summed E-state index contributed by atoms with van der Waals surface area (Å²) in [5, 5.41) is 11.9. The molecular formula is C87H161NO8. The molecule has 0 bridgehead atoms. The van der Waals surface area contributed by atoms with Gasteiger partial charge in [0.15, 0.2) is 12.4 Å². The number of nitrogens with zero attached hydrogens (tertiary/aromatic N) is 1. The molecule has 0 aromatic rings. The van der Waals surface area contributed by atoms with E-state index in [1.807, 2.05) is 21.1 Å². The second-order valence-corrected chi connectivity index (χ2v) is 29.8. The van der Waals surface area contributed by atoms with Gasteiger partial charge in [-0.1, -0.05) is 408 Å². The summed E-state index contributed by atoms with van der Waals surface area (Å²) in [7, 11) is 5.95. The van der Waals surface area contributed by atoms with Gasteiger partial charge in [-0.05, 0) is 57.8 Å². The van der Waals surface area contributed by atoms with Gasteiger partial charge in [-0.2, -0.15) is 0 Å². The van der Waals surface area contributed by atoms with Gasteiger partial charge < -0.3 is 33.3 Å². The summed E-state index contributed by atoms with van der Waals surface area (Å²) in [6, 6.07) is 0. The van der Waals surface area contributed by atoms with Crippen LogP contribution in [0.1, 0.15) is 418 Å². The van der Waals surface area contributed by atoms with Crippen molar-refractivity contribution < 1.29 is 42.9 Å². The van der Waals surface area contributed by atoms with Gasteiger partial charge in [0.25, 0.3) is 0 Å². The molecule has 0 N–H and O–H groups in total. The highest BCUT2D eigenvalue weighted by Crippen LogP contribution is 2.20. The van der Waals surface area contributed by atoms with Crippen molar-refractivity contribution >= 4 is 17.9 Å². The normalized spacial score (nSPS) is 12.9. The number of hydrogen-bond donors (Lipinski definition) is 0. The fourth-order valence-corrected chi connectivity index (χ4v) is 12.7. The first-order chi connectivity index (χ1) is 47.1. The molecule has 0 heterocycles. The Morgan fingerprint density at radius 3 is 0.885 bits per heavy atom. The number of ether oxygens (including phenoxy) is 4. The fourth-order valence-electron chi connectivity index (χ4n) is 12.7. The average Bonchev–Trinajstić information content (AvgIpc) is 2.59. The first kappa shape index (κ1) is 93.0. The van der Waals surface area contributed by atoms with E-state index in [4.69, 9.17) is 18.9 Å². The van der Waals surface area contributed by atoms with Crippen LogP contribution in [0.25, 0.3) is 0 Å². The lowest BCUT2D eigenvalue weighted by Crippen LogP contribution is -2.44. The molecule has 0 aliphatic carbocycles. The van der Waals surface area contributed by atoms with E-state index >= 15 is 0 Å². The number of hydrogen-bond acceptors (Lipinski definition) is 8. The predicted molar refractivity (Wildman–Crippen MR) is 412 cm³/mol. The molecule has 2 atom stereocenters. The Balaban J connectivity index is 3.93. The van der Waals surface area contributed by atoms with Crippen molar-refractivity contribution in [2.75, 3.05) is 47.5 Å². The number of unbranched alkanes of at least 4 members (excludes halogenated alkanes) is 54. The maximum absolute atomic E-state index is 13.0. The number of likely N-dealkylation sites (N-methyl/N-ethyl adjacent to an activating group) is 1. The largest absolute Gasteiger partial charge is 0.545 e. The first-order valence-electron chi connectivity index (χ1n) is 41.9. The molecule has 2 unspecified atom stereocenters. The molecule has 0 saturated heterocycles. The first-order valence-corrected chi connectivity index (χ1v) is 41.9. The van der Waals surface area contributed by atoms with Crippen LogP contribution in [0.15, 0.2) is 60.8 Å². The summed E-state index contributed by atoms with van der Waals surface area (Å²) in [4.78, 5) is 37.6. The monoisotopic (exact) mass is 1350 g/mol. The number of carboxylic acid groups (broad SMARTS) is 1. The lowest BCUT2D eigenvalue weighted by molar-refractivity contribution is -0.870. The molecule has 0 aromatic heterocycles. The van der Waals surface area contributed by atoms with Crippen LogP contribution in [-0.2, 0) is 33.3 Å². The Labute approximate surface area is 596 Å². The third kappa shape index (κ3) is 78.3. The van der Waals surface area contributed by atoms with Gasteiger partial charge in [0.05, 0.1) is 40.3 Å². The number of carbonyl (C=O) groups is 3. The molecule has 0 radical (unpaired) electrons. The Kier molecular flexibility index (Phi) is 75.3. The van der Waals surface area contributed by atoms with E-state index in [-0.39, 0.29) is 32.2 Å². The highest BCUT2D eigenvalue weighted by atomic mass is 16.7. The molecule has 0 spiro atoms. The summed E-state index contributed by atoms with van der Waals surface area (Å²) in [6.45, 7) is 4.72. The van der Waals surface area contributed by atoms with Gasteiger partial charge >= 0.3 is 11.9 Å². The quantitative estimate of drug-likeness (QED) is 0.0195. The minimum atomic E-state index is -1.62. The smallest absolute Gasteiger partial charge is 0.306 e. The number of esters is 2. The molecule has 0 aliphatic rings.